The van der Waals surface area contributed by atoms with E-state index in [2.05, 4.69) is 10.4 Å². The molecule has 0 saturated heterocycles. The van der Waals surface area contributed by atoms with Crippen LogP contribution in [0.15, 0.2) is 35.1 Å². The lowest BCUT2D eigenvalue weighted by Gasteiger charge is -2.17. The van der Waals surface area contributed by atoms with Gasteiger partial charge in [0.05, 0.1) is 18.8 Å². The minimum Gasteiger partial charge on any atom is -0.494 e. The largest absolute Gasteiger partial charge is 0.494 e. The van der Waals surface area contributed by atoms with E-state index in [-0.39, 0.29) is 11.5 Å². The van der Waals surface area contributed by atoms with Crippen molar-refractivity contribution in [2.75, 3.05) is 13.2 Å². The molecule has 2 aromatic rings. The number of rotatable bonds is 8. The maximum absolute atomic E-state index is 12.3. The highest BCUT2D eigenvalue weighted by Gasteiger charge is 2.16. The fourth-order valence-corrected chi connectivity index (χ4v) is 3.23. The predicted octanol–water partition coefficient (Wildman–Crippen LogP) is 2.10. The zero-order valence-electron chi connectivity index (χ0n) is 16.4. The van der Waals surface area contributed by atoms with Crippen LogP contribution in [0, 0.1) is 0 Å². The van der Waals surface area contributed by atoms with E-state index in [1.54, 1.807) is 37.3 Å². The molecular formula is C21H27N3O4. The van der Waals surface area contributed by atoms with Crippen molar-refractivity contribution in [3.63, 3.8) is 0 Å². The Kier molecular flexibility index (Phi) is 6.68. The van der Waals surface area contributed by atoms with Gasteiger partial charge in [-0.2, -0.15) is 5.10 Å². The fourth-order valence-electron chi connectivity index (χ4n) is 3.23. The molecular weight excluding hydrogens is 358 g/mol. The van der Waals surface area contributed by atoms with Gasteiger partial charge in [0.25, 0.3) is 11.5 Å². The third kappa shape index (κ3) is 5.12. The van der Waals surface area contributed by atoms with Crippen molar-refractivity contribution in [1.82, 2.24) is 15.1 Å². The first kappa shape index (κ1) is 19.9. The quantitative estimate of drug-likeness (QED) is 0.753. The lowest BCUT2D eigenvalue weighted by molar-refractivity contribution is -0.127. The van der Waals surface area contributed by atoms with Gasteiger partial charge in [-0.1, -0.05) is 0 Å². The van der Waals surface area contributed by atoms with Gasteiger partial charge < -0.3 is 14.8 Å². The first-order valence-corrected chi connectivity index (χ1v) is 9.84. The molecule has 0 fully saturated rings. The molecule has 1 N–H and O–H groups in total. The number of amides is 1. The van der Waals surface area contributed by atoms with Gasteiger partial charge in [-0.05, 0) is 69.4 Å². The van der Waals surface area contributed by atoms with Gasteiger partial charge in [0.15, 0.2) is 6.10 Å². The molecule has 0 saturated carbocycles. The Morgan fingerprint density at radius 2 is 1.93 bits per heavy atom. The smallest absolute Gasteiger partial charge is 0.267 e. The lowest BCUT2D eigenvalue weighted by Crippen LogP contribution is -2.39. The van der Waals surface area contributed by atoms with Crippen LogP contribution in [0.2, 0.25) is 0 Å². The van der Waals surface area contributed by atoms with E-state index in [0.717, 1.165) is 42.7 Å². The topological polar surface area (TPSA) is 82.4 Å². The Bertz CT molecular complexity index is 861. The van der Waals surface area contributed by atoms with E-state index in [1.165, 1.54) is 4.68 Å². The van der Waals surface area contributed by atoms with Crippen molar-refractivity contribution in [2.24, 2.45) is 0 Å². The number of fused-ring (bicyclic) bond motifs is 1. The van der Waals surface area contributed by atoms with Crippen LogP contribution in [-0.2, 0) is 24.2 Å². The second-order valence-electron chi connectivity index (χ2n) is 6.84. The molecule has 3 rings (SSSR count). The number of carbonyl (C=O) groups excluding carboxylic acids is 1. The third-order valence-electron chi connectivity index (χ3n) is 4.71. The second-order valence-corrected chi connectivity index (χ2v) is 6.84. The summed E-state index contributed by atoms with van der Waals surface area (Å²) in [6.07, 6.45) is 3.41. The van der Waals surface area contributed by atoms with Gasteiger partial charge in [0, 0.05) is 12.6 Å². The van der Waals surface area contributed by atoms with Crippen molar-refractivity contribution in [2.45, 2.75) is 52.2 Å². The minimum atomic E-state index is -0.647. The predicted molar refractivity (Wildman–Crippen MR) is 106 cm³/mol. The Morgan fingerprint density at radius 1 is 1.21 bits per heavy atom. The highest BCUT2D eigenvalue weighted by Crippen LogP contribution is 2.19. The molecule has 1 aliphatic rings. The van der Waals surface area contributed by atoms with Crippen LogP contribution in [0.3, 0.4) is 0 Å². The van der Waals surface area contributed by atoms with Crippen LogP contribution in [0.1, 0.15) is 37.9 Å². The molecule has 1 heterocycles. The summed E-state index contributed by atoms with van der Waals surface area (Å²) in [6, 6.07) is 8.83. The Hall–Kier alpha value is -2.83. The minimum absolute atomic E-state index is 0.117. The van der Waals surface area contributed by atoms with Gasteiger partial charge in [-0.3, -0.25) is 9.59 Å². The van der Waals surface area contributed by atoms with E-state index >= 15 is 0 Å². The molecule has 1 unspecified atom stereocenters. The molecule has 0 aliphatic heterocycles. The Labute approximate surface area is 164 Å². The average Bonchev–Trinajstić information content (AvgIpc) is 2.70. The molecule has 7 nitrogen and oxygen atoms in total. The van der Waals surface area contributed by atoms with Gasteiger partial charge in [-0.25, -0.2) is 4.68 Å². The molecule has 0 spiro atoms. The van der Waals surface area contributed by atoms with Crippen molar-refractivity contribution in [1.29, 1.82) is 0 Å². The molecule has 7 heteroatoms. The highest BCUT2D eigenvalue weighted by molar-refractivity contribution is 5.80. The maximum Gasteiger partial charge on any atom is 0.267 e. The van der Waals surface area contributed by atoms with Gasteiger partial charge in [-0.15, -0.1) is 0 Å². The average molecular weight is 385 g/mol. The molecule has 1 aromatic carbocycles. The summed E-state index contributed by atoms with van der Waals surface area (Å²) >= 11 is 0. The van der Waals surface area contributed by atoms with E-state index in [4.69, 9.17) is 9.47 Å². The summed E-state index contributed by atoms with van der Waals surface area (Å²) in [4.78, 5) is 24.4. The van der Waals surface area contributed by atoms with Crippen LogP contribution in [0.25, 0.3) is 0 Å². The number of nitrogens with zero attached hydrogens (tertiary/aromatic N) is 2. The molecule has 0 radical (unpaired) electrons. The third-order valence-corrected chi connectivity index (χ3v) is 4.71. The van der Waals surface area contributed by atoms with Crippen molar-refractivity contribution < 1.29 is 14.3 Å². The van der Waals surface area contributed by atoms with Gasteiger partial charge in [0.2, 0.25) is 0 Å². The van der Waals surface area contributed by atoms with Crippen LogP contribution < -0.4 is 20.3 Å². The van der Waals surface area contributed by atoms with Crippen molar-refractivity contribution >= 4 is 5.91 Å². The summed E-state index contributed by atoms with van der Waals surface area (Å²) in [6.45, 7) is 4.87. The number of hydrogen-bond donors (Lipinski definition) is 1. The summed E-state index contributed by atoms with van der Waals surface area (Å²) in [5, 5.41) is 7.26. The standard InChI is InChI=1S/C21H27N3O4/c1-3-27-17-8-10-18(11-9-17)28-15(2)21(26)22-12-13-24-20(25)14-16-6-4-5-7-19(16)23-24/h8-11,14-15H,3-7,12-13H2,1-2H3,(H,22,26). The van der Waals surface area contributed by atoms with Crippen LogP contribution in [-0.4, -0.2) is 34.9 Å². The summed E-state index contributed by atoms with van der Waals surface area (Å²) in [5.41, 5.74) is 1.95. The number of nitrogens with one attached hydrogen (secondary N) is 1. The molecule has 0 bridgehead atoms. The fraction of sp³-hybridized carbons (Fsp3) is 0.476. The number of aryl methyl sites for hydroxylation is 2. The lowest BCUT2D eigenvalue weighted by atomic mass is 9.97. The number of hydrogen-bond acceptors (Lipinski definition) is 5. The van der Waals surface area contributed by atoms with Crippen LogP contribution >= 0.6 is 0 Å². The number of carbonyl (C=O) groups is 1. The second kappa shape index (κ2) is 9.39. The van der Waals surface area contributed by atoms with Gasteiger partial charge >= 0.3 is 0 Å². The molecule has 1 aromatic heterocycles. The summed E-state index contributed by atoms with van der Waals surface area (Å²) < 4.78 is 12.5. The van der Waals surface area contributed by atoms with Crippen molar-refractivity contribution in [3.05, 3.63) is 51.9 Å². The molecule has 1 atom stereocenters. The van der Waals surface area contributed by atoms with E-state index < -0.39 is 6.10 Å². The maximum atomic E-state index is 12.3. The number of aromatic nitrogens is 2. The van der Waals surface area contributed by atoms with Crippen molar-refractivity contribution in [3.8, 4) is 11.5 Å². The Morgan fingerprint density at radius 3 is 2.68 bits per heavy atom. The first-order chi connectivity index (χ1) is 13.6. The zero-order valence-corrected chi connectivity index (χ0v) is 16.4. The Balaban J connectivity index is 1.49. The summed E-state index contributed by atoms with van der Waals surface area (Å²) in [7, 11) is 0. The van der Waals surface area contributed by atoms with E-state index in [1.807, 2.05) is 6.92 Å². The van der Waals surface area contributed by atoms with Crippen LogP contribution in [0.4, 0.5) is 0 Å². The van der Waals surface area contributed by atoms with E-state index in [0.29, 0.717) is 25.4 Å². The number of ether oxygens (including phenoxy) is 2. The number of benzene rings is 1. The summed E-state index contributed by atoms with van der Waals surface area (Å²) in [5.74, 6) is 1.12. The monoisotopic (exact) mass is 385 g/mol. The zero-order chi connectivity index (χ0) is 19.9. The SMILES string of the molecule is CCOc1ccc(OC(C)C(=O)NCCn2nc3c(cc2=O)CCCC3)cc1. The highest BCUT2D eigenvalue weighted by atomic mass is 16.5. The van der Waals surface area contributed by atoms with E-state index in [9.17, 15) is 9.59 Å². The molecule has 28 heavy (non-hydrogen) atoms. The first-order valence-electron chi connectivity index (χ1n) is 9.84. The molecule has 150 valence electrons. The van der Waals surface area contributed by atoms with Gasteiger partial charge in [0.1, 0.15) is 11.5 Å². The molecule has 1 aliphatic carbocycles. The van der Waals surface area contributed by atoms with Crippen LogP contribution in [0.5, 0.6) is 11.5 Å². The normalized spacial score (nSPS) is 14.1. The molecule has 1 amide bonds.